The summed E-state index contributed by atoms with van der Waals surface area (Å²) in [5.74, 6) is 0.195. The minimum absolute atomic E-state index is 0.0670. The molecular weight excluding hydrogens is 334 g/mol. The van der Waals surface area contributed by atoms with E-state index in [4.69, 9.17) is 19.4 Å². The Hall–Kier alpha value is -2.45. The fourth-order valence-corrected chi connectivity index (χ4v) is 3.14. The van der Waals surface area contributed by atoms with Crippen molar-refractivity contribution in [3.8, 4) is 17.2 Å². The van der Waals surface area contributed by atoms with Gasteiger partial charge in [0.25, 0.3) is 10.1 Å². The molecular formula is C16H17NO6S. The van der Waals surface area contributed by atoms with Gasteiger partial charge in [-0.15, -0.1) is 0 Å². The summed E-state index contributed by atoms with van der Waals surface area (Å²) in [6.45, 7) is 1.71. The molecule has 2 aromatic rings. The first-order valence-electron chi connectivity index (χ1n) is 7.24. The van der Waals surface area contributed by atoms with E-state index in [0.717, 1.165) is 5.56 Å². The first-order chi connectivity index (χ1) is 11.4. The molecule has 128 valence electrons. The van der Waals surface area contributed by atoms with Gasteiger partial charge in [-0.05, 0) is 31.2 Å². The smallest absolute Gasteiger partial charge is 0.297 e. The van der Waals surface area contributed by atoms with E-state index in [0.29, 0.717) is 5.75 Å². The minimum Gasteiger partial charge on any atom is -0.503 e. The van der Waals surface area contributed by atoms with Crippen LogP contribution in [0, 0.1) is 6.92 Å². The predicted molar refractivity (Wildman–Crippen MR) is 86.7 cm³/mol. The maximum atomic E-state index is 12.2. The van der Waals surface area contributed by atoms with Crippen molar-refractivity contribution in [2.24, 2.45) is 0 Å². The summed E-state index contributed by atoms with van der Waals surface area (Å²) >= 11 is 0. The van der Waals surface area contributed by atoms with Gasteiger partial charge >= 0.3 is 0 Å². The number of phenolic OH excluding ortho intramolecular Hbond substituents is 1. The quantitative estimate of drug-likeness (QED) is 0.491. The molecule has 1 aliphatic heterocycles. The largest absolute Gasteiger partial charge is 0.503 e. The van der Waals surface area contributed by atoms with E-state index in [1.165, 1.54) is 18.2 Å². The molecule has 0 spiro atoms. The molecule has 0 saturated heterocycles. The summed E-state index contributed by atoms with van der Waals surface area (Å²) in [5.41, 5.74) is 6.70. The van der Waals surface area contributed by atoms with Crippen molar-refractivity contribution >= 4 is 15.8 Å². The summed E-state index contributed by atoms with van der Waals surface area (Å²) in [7, 11) is -3.89. The lowest BCUT2D eigenvalue weighted by atomic mass is 10.2. The molecule has 8 heteroatoms. The lowest BCUT2D eigenvalue weighted by molar-refractivity contribution is 0.0529. The topological polar surface area (TPSA) is 108 Å². The van der Waals surface area contributed by atoms with E-state index in [1.54, 1.807) is 18.2 Å². The lowest BCUT2D eigenvalue weighted by Crippen LogP contribution is -2.34. The van der Waals surface area contributed by atoms with Gasteiger partial charge in [-0.3, -0.25) is 4.18 Å². The van der Waals surface area contributed by atoms with Crippen molar-refractivity contribution in [3.05, 3.63) is 42.0 Å². The monoisotopic (exact) mass is 351 g/mol. The Labute approximate surface area is 139 Å². The number of fused-ring (bicyclic) bond motifs is 1. The maximum Gasteiger partial charge on any atom is 0.297 e. The summed E-state index contributed by atoms with van der Waals surface area (Å²) in [4.78, 5) is 0.0670. The summed E-state index contributed by atoms with van der Waals surface area (Å²) in [6.07, 6.45) is -0.689. The number of phenols is 1. The third-order valence-electron chi connectivity index (χ3n) is 3.55. The third-order valence-corrected chi connectivity index (χ3v) is 4.85. The fraction of sp³-hybridized carbons (Fsp3) is 0.250. The standard InChI is InChI=1S/C16H17NO6S/c1-10-2-4-12(5-3-10)24(19,20)22-9-11-8-21-14-7-6-13(17)15(18)16(14)23-11/h2-7,11,18H,8-9,17H2,1H3. The van der Waals surface area contributed by atoms with Crippen LogP contribution in [-0.2, 0) is 14.3 Å². The van der Waals surface area contributed by atoms with Crippen LogP contribution in [-0.4, -0.2) is 32.8 Å². The van der Waals surface area contributed by atoms with Gasteiger partial charge in [-0.2, -0.15) is 8.42 Å². The molecule has 1 heterocycles. The molecule has 0 radical (unpaired) electrons. The molecule has 3 rings (SSSR count). The average Bonchev–Trinajstić information content (AvgIpc) is 2.57. The number of aryl methyl sites for hydroxylation is 1. The molecule has 7 nitrogen and oxygen atoms in total. The Morgan fingerprint density at radius 2 is 1.96 bits per heavy atom. The van der Waals surface area contributed by atoms with Crippen molar-refractivity contribution in [2.75, 3.05) is 18.9 Å². The molecule has 0 bridgehead atoms. The predicted octanol–water partition coefficient (Wildman–Crippen LogP) is 1.83. The molecule has 2 aromatic carbocycles. The number of nitrogen functional groups attached to an aromatic ring is 1. The molecule has 3 N–H and O–H groups in total. The van der Waals surface area contributed by atoms with E-state index in [9.17, 15) is 13.5 Å². The van der Waals surface area contributed by atoms with Crippen molar-refractivity contribution in [1.82, 2.24) is 0 Å². The van der Waals surface area contributed by atoms with E-state index >= 15 is 0 Å². The number of hydrogen-bond acceptors (Lipinski definition) is 7. The van der Waals surface area contributed by atoms with Gasteiger partial charge in [-0.1, -0.05) is 17.7 Å². The molecule has 0 amide bonds. The number of rotatable bonds is 4. The highest BCUT2D eigenvalue weighted by Gasteiger charge is 2.27. The van der Waals surface area contributed by atoms with Gasteiger partial charge in [0.2, 0.25) is 5.75 Å². The molecule has 1 unspecified atom stereocenters. The Balaban J connectivity index is 1.69. The van der Waals surface area contributed by atoms with Crippen LogP contribution in [0.15, 0.2) is 41.3 Å². The third kappa shape index (κ3) is 3.24. The molecule has 1 aliphatic rings. The van der Waals surface area contributed by atoms with Crippen LogP contribution in [0.1, 0.15) is 5.56 Å². The second kappa shape index (κ2) is 6.21. The highest BCUT2D eigenvalue weighted by molar-refractivity contribution is 7.86. The second-order valence-electron chi connectivity index (χ2n) is 5.43. The highest BCUT2D eigenvalue weighted by atomic mass is 32.2. The van der Waals surface area contributed by atoms with Gasteiger partial charge < -0.3 is 20.3 Å². The zero-order chi connectivity index (χ0) is 17.3. The van der Waals surface area contributed by atoms with Crippen LogP contribution in [0.25, 0.3) is 0 Å². The fourth-order valence-electron chi connectivity index (χ4n) is 2.20. The van der Waals surface area contributed by atoms with Gasteiger partial charge in [0, 0.05) is 0 Å². The maximum absolute atomic E-state index is 12.2. The zero-order valence-corrected chi connectivity index (χ0v) is 13.7. The van der Waals surface area contributed by atoms with Crippen LogP contribution in [0.4, 0.5) is 5.69 Å². The normalized spacial score (nSPS) is 16.8. The van der Waals surface area contributed by atoms with Crippen molar-refractivity contribution < 1.29 is 27.2 Å². The van der Waals surface area contributed by atoms with Crippen LogP contribution in [0.3, 0.4) is 0 Å². The zero-order valence-electron chi connectivity index (χ0n) is 12.9. The van der Waals surface area contributed by atoms with Crippen LogP contribution in [0.5, 0.6) is 17.2 Å². The van der Waals surface area contributed by atoms with Crippen molar-refractivity contribution in [2.45, 2.75) is 17.9 Å². The second-order valence-corrected chi connectivity index (χ2v) is 7.05. The highest BCUT2D eigenvalue weighted by Crippen LogP contribution is 2.43. The Kier molecular flexibility index (Phi) is 4.25. The molecule has 0 aromatic heterocycles. The average molecular weight is 351 g/mol. The number of hydrogen-bond donors (Lipinski definition) is 2. The molecule has 0 aliphatic carbocycles. The molecule has 1 atom stereocenters. The number of benzene rings is 2. The van der Waals surface area contributed by atoms with E-state index < -0.39 is 16.2 Å². The van der Waals surface area contributed by atoms with E-state index in [-0.39, 0.29) is 35.3 Å². The van der Waals surface area contributed by atoms with E-state index in [2.05, 4.69) is 0 Å². The Bertz CT molecular complexity index is 848. The van der Waals surface area contributed by atoms with Gasteiger partial charge in [0.05, 0.1) is 10.6 Å². The number of ether oxygens (including phenoxy) is 2. The Morgan fingerprint density at radius 1 is 1.25 bits per heavy atom. The van der Waals surface area contributed by atoms with Gasteiger partial charge in [-0.25, -0.2) is 0 Å². The van der Waals surface area contributed by atoms with E-state index in [1.807, 2.05) is 6.92 Å². The minimum atomic E-state index is -3.89. The SMILES string of the molecule is Cc1ccc(S(=O)(=O)OCC2COc3ccc(N)c(O)c3O2)cc1. The van der Waals surface area contributed by atoms with Crippen LogP contribution < -0.4 is 15.2 Å². The van der Waals surface area contributed by atoms with Gasteiger partial charge in [0.15, 0.2) is 17.6 Å². The van der Waals surface area contributed by atoms with Gasteiger partial charge in [0.1, 0.15) is 13.2 Å². The molecule has 0 saturated carbocycles. The first kappa shape index (κ1) is 16.4. The lowest BCUT2D eigenvalue weighted by Gasteiger charge is -2.27. The van der Waals surface area contributed by atoms with Crippen LogP contribution in [0.2, 0.25) is 0 Å². The molecule has 24 heavy (non-hydrogen) atoms. The number of nitrogens with two attached hydrogens (primary N) is 1. The Morgan fingerprint density at radius 3 is 2.67 bits per heavy atom. The summed E-state index contributed by atoms with van der Waals surface area (Å²) < 4.78 is 40.4. The number of anilines is 1. The van der Waals surface area contributed by atoms with Crippen LogP contribution >= 0.6 is 0 Å². The summed E-state index contributed by atoms with van der Waals surface area (Å²) in [6, 6.07) is 9.40. The number of aromatic hydroxyl groups is 1. The summed E-state index contributed by atoms with van der Waals surface area (Å²) in [5, 5.41) is 9.90. The van der Waals surface area contributed by atoms with Crippen molar-refractivity contribution in [3.63, 3.8) is 0 Å². The first-order valence-corrected chi connectivity index (χ1v) is 8.64. The van der Waals surface area contributed by atoms with Crippen molar-refractivity contribution in [1.29, 1.82) is 0 Å². The molecule has 0 fully saturated rings.